The lowest BCUT2D eigenvalue weighted by Crippen LogP contribution is -2.30. The molecule has 1 heterocycles. The first-order valence-electron chi connectivity index (χ1n) is 6.12. The van der Waals surface area contributed by atoms with E-state index < -0.39 is 0 Å². The van der Waals surface area contributed by atoms with E-state index in [0.717, 1.165) is 15.5 Å². The second-order valence-corrected chi connectivity index (χ2v) is 5.41. The van der Waals surface area contributed by atoms with E-state index >= 15 is 0 Å². The van der Waals surface area contributed by atoms with Gasteiger partial charge in [-0.15, -0.1) is 11.6 Å². The summed E-state index contributed by atoms with van der Waals surface area (Å²) >= 11 is 9.33. The van der Waals surface area contributed by atoms with E-state index in [2.05, 4.69) is 26.2 Å². The van der Waals surface area contributed by atoms with Gasteiger partial charge in [-0.3, -0.25) is 4.79 Å². The van der Waals surface area contributed by atoms with Crippen molar-refractivity contribution in [3.05, 3.63) is 28.5 Å². The molecule has 5 nitrogen and oxygen atoms in total. The molecule has 0 saturated carbocycles. The number of rotatable bonds is 6. The van der Waals surface area contributed by atoms with Crippen molar-refractivity contribution in [2.75, 3.05) is 20.3 Å². The second-order valence-electron chi connectivity index (χ2n) is 4.22. The predicted octanol–water partition coefficient (Wildman–Crippen LogP) is 2.30. The van der Waals surface area contributed by atoms with Gasteiger partial charge in [0, 0.05) is 18.1 Å². The second kappa shape index (κ2) is 7.06. The standard InChI is InChI=1S/C13H15BrClN3O2/c1-20-5-4-16-13(19)8-18-11-6-9(14)2-3-10(11)17-12(18)7-15/h2-3,6H,4-5,7-8H2,1H3,(H,16,19). The average Bonchev–Trinajstić information content (AvgIpc) is 2.77. The Morgan fingerprint density at radius 2 is 2.35 bits per heavy atom. The van der Waals surface area contributed by atoms with Crippen LogP contribution in [0.5, 0.6) is 0 Å². The van der Waals surface area contributed by atoms with Crippen LogP contribution in [0.15, 0.2) is 22.7 Å². The minimum atomic E-state index is -0.0901. The Hall–Kier alpha value is -1.11. The SMILES string of the molecule is COCCNC(=O)Cn1c(CCl)nc2ccc(Br)cc21. The smallest absolute Gasteiger partial charge is 0.240 e. The van der Waals surface area contributed by atoms with Crippen LogP contribution < -0.4 is 5.32 Å². The third-order valence-electron chi connectivity index (χ3n) is 2.84. The van der Waals surface area contributed by atoms with Gasteiger partial charge in [0.25, 0.3) is 0 Å². The maximum atomic E-state index is 11.9. The van der Waals surface area contributed by atoms with Gasteiger partial charge in [0.2, 0.25) is 5.91 Å². The number of benzene rings is 1. The molecule has 0 spiro atoms. The Labute approximate surface area is 130 Å². The molecular weight excluding hydrogens is 346 g/mol. The van der Waals surface area contributed by atoms with Crippen LogP contribution in [-0.2, 0) is 22.0 Å². The number of halogens is 2. The van der Waals surface area contributed by atoms with Gasteiger partial charge in [0.05, 0.1) is 23.5 Å². The van der Waals surface area contributed by atoms with Gasteiger partial charge in [-0.2, -0.15) is 0 Å². The fourth-order valence-corrected chi connectivity index (χ4v) is 2.47. The molecule has 0 aliphatic heterocycles. The van der Waals surface area contributed by atoms with Crippen molar-refractivity contribution in [3.8, 4) is 0 Å². The molecule has 2 rings (SSSR count). The highest BCUT2D eigenvalue weighted by Crippen LogP contribution is 2.21. The molecule has 0 aliphatic carbocycles. The molecule has 0 radical (unpaired) electrons. The van der Waals surface area contributed by atoms with Crippen molar-refractivity contribution >= 4 is 44.5 Å². The first-order chi connectivity index (χ1) is 9.65. The Kier molecular flexibility index (Phi) is 5.39. The van der Waals surface area contributed by atoms with Crippen LogP contribution in [0, 0.1) is 0 Å². The summed E-state index contributed by atoms with van der Waals surface area (Å²) in [6.07, 6.45) is 0. The largest absolute Gasteiger partial charge is 0.383 e. The van der Waals surface area contributed by atoms with Crippen molar-refractivity contribution in [2.24, 2.45) is 0 Å². The number of carbonyl (C=O) groups excluding carboxylic acids is 1. The maximum absolute atomic E-state index is 11.9. The van der Waals surface area contributed by atoms with Gasteiger partial charge in [0.15, 0.2) is 0 Å². The predicted molar refractivity (Wildman–Crippen MR) is 81.9 cm³/mol. The van der Waals surface area contributed by atoms with Crippen LogP contribution in [0.1, 0.15) is 5.82 Å². The molecule has 0 atom stereocenters. The molecule has 1 aromatic heterocycles. The summed E-state index contributed by atoms with van der Waals surface area (Å²) in [5.41, 5.74) is 1.71. The summed E-state index contributed by atoms with van der Waals surface area (Å²) in [6.45, 7) is 1.17. The molecule has 2 aromatic rings. The Morgan fingerprint density at radius 3 is 3.05 bits per heavy atom. The van der Waals surface area contributed by atoms with E-state index in [9.17, 15) is 4.79 Å². The van der Waals surface area contributed by atoms with Gasteiger partial charge in [-0.1, -0.05) is 15.9 Å². The third kappa shape index (κ3) is 3.50. The van der Waals surface area contributed by atoms with Crippen LogP contribution >= 0.6 is 27.5 Å². The highest BCUT2D eigenvalue weighted by molar-refractivity contribution is 9.10. The summed E-state index contributed by atoms with van der Waals surface area (Å²) in [5, 5.41) is 2.79. The van der Waals surface area contributed by atoms with Crippen LogP contribution in [0.2, 0.25) is 0 Å². The first kappa shape index (κ1) is 15.3. The molecule has 7 heteroatoms. The number of imidazole rings is 1. The van der Waals surface area contributed by atoms with Crippen molar-refractivity contribution < 1.29 is 9.53 Å². The van der Waals surface area contributed by atoms with Crippen LogP contribution in [-0.4, -0.2) is 35.7 Å². The normalized spacial score (nSPS) is 10.9. The molecule has 0 aliphatic rings. The zero-order valence-electron chi connectivity index (χ0n) is 11.0. The van der Waals surface area contributed by atoms with E-state index in [1.165, 1.54) is 0 Å². The lowest BCUT2D eigenvalue weighted by molar-refractivity contribution is -0.121. The monoisotopic (exact) mass is 359 g/mol. The topological polar surface area (TPSA) is 56.1 Å². The summed E-state index contributed by atoms with van der Waals surface area (Å²) < 4.78 is 7.66. The highest BCUT2D eigenvalue weighted by atomic mass is 79.9. The van der Waals surface area contributed by atoms with Crippen molar-refractivity contribution in [2.45, 2.75) is 12.4 Å². The van der Waals surface area contributed by atoms with Gasteiger partial charge in [-0.05, 0) is 18.2 Å². The first-order valence-corrected chi connectivity index (χ1v) is 7.44. The molecule has 0 unspecified atom stereocenters. The lowest BCUT2D eigenvalue weighted by atomic mass is 10.3. The minimum Gasteiger partial charge on any atom is -0.383 e. The van der Waals surface area contributed by atoms with Gasteiger partial charge in [-0.25, -0.2) is 4.98 Å². The molecule has 20 heavy (non-hydrogen) atoms. The number of carbonyl (C=O) groups is 1. The number of methoxy groups -OCH3 is 1. The van der Waals surface area contributed by atoms with Gasteiger partial charge in [0.1, 0.15) is 12.4 Å². The van der Waals surface area contributed by atoms with E-state index in [1.54, 1.807) is 7.11 Å². The van der Waals surface area contributed by atoms with Crippen LogP contribution in [0.4, 0.5) is 0 Å². The number of aromatic nitrogens is 2. The number of fused-ring (bicyclic) bond motifs is 1. The number of amides is 1. The molecule has 0 bridgehead atoms. The Balaban J connectivity index is 2.23. The number of hydrogen-bond acceptors (Lipinski definition) is 3. The average molecular weight is 361 g/mol. The zero-order valence-corrected chi connectivity index (χ0v) is 13.4. The number of ether oxygens (including phenoxy) is 1. The van der Waals surface area contributed by atoms with Crippen molar-refractivity contribution in [3.63, 3.8) is 0 Å². The van der Waals surface area contributed by atoms with E-state index in [4.69, 9.17) is 16.3 Å². The summed E-state index contributed by atoms with van der Waals surface area (Å²) in [6, 6.07) is 5.74. The number of hydrogen-bond donors (Lipinski definition) is 1. The third-order valence-corrected chi connectivity index (χ3v) is 3.57. The fraction of sp³-hybridized carbons (Fsp3) is 0.385. The maximum Gasteiger partial charge on any atom is 0.240 e. The highest BCUT2D eigenvalue weighted by Gasteiger charge is 2.13. The summed E-state index contributed by atoms with van der Waals surface area (Å²) in [4.78, 5) is 16.3. The lowest BCUT2D eigenvalue weighted by Gasteiger charge is -2.08. The molecule has 1 amide bonds. The molecule has 0 saturated heterocycles. The molecule has 1 N–H and O–H groups in total. The van der Waals surface area contributed by atoms with E-state index in [-0.39, 0.29) is 18.3 Å². The van der Waals surface area contributed by atoms with Crippen molar-refractivity contribution in [1.82, 2.24) is 14.9 Å². The zero-order chi connectivity index (χ0) is 14.5. The van der Waals surface area contributed by atoms with Gasteiger partial charge < -0.3 is 14.6 Å². The van der Waals surface area contributed by atoms with E-state index in [1.807, 2.05) is 22.8 Å². The minimum absolute atomic E-state index is 0.0901. The summed E-state index contributed by atoms with van der Waals surface area (Å²) in [7, 11) is 1.60. The number of alkyl halides is 1. The van der Waals surface area contributed by atoms with Crippen molar-refractivity contribution in [1.29, 1.82) is 0 Å². The Bertz CT molecular complexity index is 615. The van der Waals surface area contributed by atoms with Crippen LogP contribution in [0.3, 0.4) is 0 Å². The molecule has 0 fully saturated rings. The summed E-state index contributed by atoms with van der Waals surface area (Å²) in [5.74, 6) is 0.854. The van der Waals surface area contributed by atoms with Crippen LogP contribution in [0.25, 0.3) is 11.0 Å². The Morgan fingerprint density at radius 1 is 1.55 bits per heavy atom. The van der Waals surface area contributed by atoms with E-state index in [0.29, 0.717) is 19.0 Å². The van der Waals surface area contributed by atoms with Gasteiger partial charge >= 0.3 is 0 Å². The number of nitrogens with zero attached hydrogens (tertiary/aromatic N) is 2. The molecule has 108 valence electrons. The molecule has 1 aromatic carbocycles. The quantitative estimate of drug-likeness (QED) is 0.635. The fourth-order valence-electron chi connectivity index (χ4n) is 1.92. The molecular formula is C13H15BrClN3O2. The number of nitrogens with one attached hydrogen (secondary N) is 1.